The molecule has 0 aromatic rings. The van der Waals surface area contributed by atoms with Crippen molar-refractivity contribution in [1.29, 1.82) is 0 Å². The smallest absolute Gasteiger partial charge is 0.311 e. The number of ether oxygens (including phenoxy) is 2. The van der Waals surface area contributed by atoms with Crippen LogP contribution in [0.25, 0.3) is 0 Å². The van der Waals surface area contributed by atoms with E-state index >= 15 is 0 Å². The molecule has 118 valence electrons. The second kappa shape index (κ2) is 11.7. The summed E-state index contributed by atoms with van der Waals surface area (Å²) in [4.78, 5) is 23.3. The van der Waals surface area contributed by atoms with Crippen LogP contribution in [0.5, 0.6) is 0 Å². The highest BCUT2D eigenvalue weighted by Crippen LogP contribution is 2.12. The normalized spacial score (nSPS) is 13.6. The van der Waals surface area contributed by atoms with Gasteiger partial charge < -0.3 is 9.47 Å². The minimum absolute atomic E-state index is 0.138. The van der Waals surface area contributed by atoms with Gasteiger partial charge in [-0.15, -0.1) is 0 Å². The monoisotopic (exact) mass is 286 g/mol. The molecule has 0 aromatic carbocycles. The minimum Gasteiger partial charge on any atom is -0.425 e. The van der Waals surface area contributed by atoms with Crippen LogP contribution in [0.3, 0.4) is 0 Å². The summed E-state index contributed by atoms with van der Waals surface area (Å²) in [6.07, 6.45) is 6.62. The Bertz CT molecular complexity index is 276. The largest absolute Gasteiger partial charge is 0.425 e. The summed E-state index contributed by atoms with van der Waals surface area (Å²) < 4.78 is 10.2. The molecule has 0 amide bonds. The van der Waals surface area contributed by atoms with E-state index in [2.05, 4.69) is 13.8 Å². The van der Waals surface area contributed by atoms with Crippen molar-refractivity contribution < 1.29 is 19.1 Å². The average molecular weight is 286 g/mol. The molecule has 2 atom stereocenters. The summed E-state index contributed by atoms with van der Waals surface area (Å²) in [5.41, 5.74) is 0. The third-order valence-corrected chi connectivity index (χ3v) is 3.21. The lowest BCUT2D eigenvalue weighted by atomic mass is 10.1. The van der Waals surface area contributed by atoms with Gasteiger partial charge in [-0.3, -0.25) is 9.59 Å². The SMILES string of the molecule is CCCCCCC(=O)OC(C)OC(=O)C(C)CCCC. The van der Waals surface area contributed by atoms with Gasteiger partial charge in [0.2, 0.25) is 6.29 Å². The van der Waals surface area contributed by atoms with Crippen LogP contribution in [-0.4, -0.2) is 18.2 Å². The highest BCUT2D eigenvalue weighted by Gasteiger charge is 2.18. The number of carbonyl (C=O) groups is 2. The zero-order chi connectivity index (χ0) is 15.4. The molecule has 0 radical (unpaired) electrons. The van der Waals surface area contributed by atoms with Crippen molar-refractivity contribution in [2.75, 3.05) is 0 Å². The van der Waals surface area contributed by atoms with E-state index in [4.69, 9.17) is 9.47 Å². The van der Waals surface area contributed by atoms with Gasteiger partial charge in [0.15, 0.2) is 0 Å². The number of hydrogen-bond donors (Lipinski definition) is 0. The van der Waals surface area contributed by atoms with Crippen molar-refractivity contribution in [3.05, 3.63) is 0 Å². The summed E-state index contributed by atoms with van der Waals surface area (Å²) in [6.45, 7) is 7.65. The van der Waals surface area contributed by atoms with Crippen LogP contribution < -0.4 is 0 Å². The number of hydrogen-bond acceptors (Lipinski definition) is 4. The number of unbranched alkanes of at least 4 members (excludes halogenated alkanes) is 4. The Morgan fingerprint density at radius 3 is 2.15 bits per heavy atom. The third-order valence-electron chi connectivity index (χ3n) is 3.21. The van der Waals surface area contributed by atoms with Crippen LogP contribution >= 0.6 is 0 Å². The Morgan fingerprint density at radius 2 is 1.55 bits per heavy atom. The molecule has 0 heterocycles. The molecule has 0 saturated carbocycles. The van der Waals surface area contributed by atoms with Crippen LogP contribution in [0, 0.1) is 5.92 Å². The average Bonchev–Trinajstić information content (AvgIpc) is 2.40. The maximum Gasteiger partial charge on any atom is 0.311 e. The lowest BCUT2D eigenvalue weighted by Crippen LogP contribution is -2.25. The van der Waals surface area contributed by atoms with Gasteiger partial charge in [0.05, 0.1) is 5.92 Å². The second-order valence-electron chi connectivity index (χ2n) is 5.35. The maximum absolute atomic E-state index is 11.7. The molecule has 0 rings (SSSR count). The van der Waals surface area contributed by atoms with E-state index in [-0.39, 0.29) is 17.9 Å². The quantitative estimate of drug-likeness (QED) is 0.324. The Hall–Kier alpha value is -1.06. The van der Waals surface area contributed by atoms with E-state index in [9.17, 15) is 9.59 Å². The van der Waals surface area contributed by atoms with Gasteiger partial charge in [-0.05, 0) is 12.8 Å². The predicted octanol–water partition coefficient (Wildman–Crippen LogP) is 4.22. The molecule has 0 N–H and O–H groups in total. The summed E-state index contributed by atoms with van der Waals surface area (Å²) in [6, 6.07) is 0. The van der Waals surface area contributed by atoms with Crippen LogP contribution in [0.15, 0.2) is 0 Å². The molecule has 2 unspecified atom stereocenters. The Labute approximate surface area is 123 Å². The molecule has 0 aromatic heterocycles. The van der Waals surface area contributed by atoms with Crippen molar-refractivity contribution in [1.82, 2.24) is 0 Å². The van der Waals surface area contributed by atoms with E-state index < -0.39 is 6.29 Å². The van der Waals surface area contributed by atoms with E-state index in [1.807, 2.05) is 6.92 Å². The molecule has 0 aliphatic carbocycles. The summed E-state index contributed by atoms with van der Waals surface area (Å²) in [5.74, 6) is -0.715. The maximum atomic E-state index is 11.7. The van der Waals surface area contributed by atoms with Crippen molar-refractivity contribution in [3.63, 3.8) is 0 Å². The van der Waals surface area contributed by atoms with Gasteiger partial charge in [-0.2, -0.15) is 0 Å². The van der Waals surface area contributed by atoms with E-state index in [0.717, 1.165) is 44.9 Å². The van der Waals surface area contributed by atoms with Gasteiger partial charge in [0.1, 0.15) is 0 Å². The van der Waals surface area contributed by atoms with Gasteiger partial charge >= 0.3 is 11.9 Å². The van der Waals surface area contributed by atoms with Crippen molar-refractivity contribution in [2.45, 2.75) is 85.4 Å². The molecular weight excluding hydrogens is 256 g/mol. The molecule has 0 aliphatic rings. The first-order valence-corrected chi connectivity index (χ1v) is 7.91. The number of carbonyl (C=O) groups excluding carboxylic acids is 2. The first-order chi connectivity index (χ1) is 9.51. The summed E-state index contributed by atoms with van der Waals surface area (Å²) >= 11 is 0. The predicted molar refractivity (Wildman–Crippen MR) is 79.1 cm³/mol. The molecule has 4 heteroatoms. The van der Waals surface area contributed by atoms with E-state index in [0.29, 0.717) is 6.42 Å². The Kier molecular flexibility index (Phi) is 11.1. The van der Waals surface area contributed by atoms with E-state index in [1.165, 1.54) is 0 Å². The lowest BCUT2D eigenvalue weighted by Gasteiger charge is -2.17. The minimum atomic E-state index is -0.787. The molecule has 4 nitrogen and oxygen atoms in total. The molecule has 0 aliphatic heterocycles. The van der Waals surface area contributed by atoms with E-state index in [1.54, 1.807) is 6.92 Å². The first-order valence-electron chi connectivity index (χ1n) is 7.91. The molecule has 0 saturated heterocycles. The Balaban J connectivity index is 3.82. The fourth-order valence-corrected chi connectivity index (χ4v) is 1.87. The zero-order valence-corrected chi connectivity index (χ0v) is 13.4. The topological polar surface area (TPSA) is 52.6 Å². The first kappa shape index (κ1) is 18.9. The lowest BCUT2D eigenvalue weighted by molar-refractivity contribution is -0.187. The van der Waals surface area contributed by atoms with Gasteiger partial charge in [0, 0.05) is 13.3 Å². The molecule has 0 bridgehead atoms. The van der Waals surface area contributed by atoms with Crippen LogP contribution in [0.2, 0.25) is 0 Å². The van der Waals surface area contributed by atoms with Crippen LogP contribution in [0.1, 0.15) is 79.1 Å². The summed E-state index contributed by atoms with van der Waals surface area (Å²) in [5, 5.41) is 0. The second-order valence-corrected chi connectivity index (χ2v) is 5.35. The number of rotatable bonds is 11. The molecule has 0 spiro atoms. The standard InChI is InChI=1S/C16H30O4/c1-5-7-9-10-12-15(17)19-14(4)20-16(18)13(3)11-8-6-2/h13-14H,5-12H2,1-4H3. The summed E-state index contributed by atoms with van der Waals surface area (Å²) in [7, 11) is 0. The van der Waals surface area contributed by atoms with Gasteiger partial charge in [-0.25, -0.2) is 0 Å². The van der Waals surface area contributed by atoms with Crippen molar-refractivity contribution >= 4 is 11.9 Å². The highest BCUT2D eigenvalue weighted by atomic mass is 16.7. The molecule has 20 heavy (non-hydrogen) atoms. The van der Waals surface area contributed by atoms with Gasteiger partial charge in [-0.1, -0.05) is 52.9 Å². The fraction of sp³-hybridized carbons (Fsp3) is 0.875. The zero-order valence-electron chi connectivity index (χ0n) is 13.4. The van der Waals surface area contributed by atoms with Crippen molar-refractivity contribution in [2.24, 2.45) is 5.92 Å². The van der Waals surface area contributed by atoms with Crippen LogP contribution in [0.4, 0.5) is 0 Å². The van der Waals surface area contributed by atoms with Crippen molar-refractivity contribution in [3.8, 4) is 0 Å². The molecular formula is C16H30O4. The number of esters is 2. The highest BCUT2D eigenvalue weighted by molar-refractivity contribution is 5.73. The van der Waals surface area contributed by atoms with Gasteiger partial charge in [0.25, 0.3) is 0 Å². The molecule has 0 fully saturated rings. The third kappa shape index (κ3) is 9.82. The fourth-order valence-electron chi connectivity index (χ4n) is 1.87. The Morgan fingerprint density at radius 1 is 0.900 bits per heavy atom. The van der Waals surface area contributed by atoms with Crippen LogP contribution in [-0.2, 0) is 19.1 Å².